The Bertz CT molecular complexity index is 1230. The number of ether oxygens (including phenoxy) is 2. The van der Waals surface area contributed by atoms with Crippen molar-refractivity contribution in [2.24, 2.45) is 0 Å². The van der Waals surface area contributed by atoms with Crippen LogP contribution in [0.4, 0.5) is 4.39 Å². The molecule has 7 nitrogen and oxygen atoms in total. The van der Waals surface area contributed by atoms with Gasteiger partial charge in [0.25, 0.3) is 0 Å². The Balaban J connectivity index is 1.30. The van der Waals surface area contributed by atoms with E-state index in [1.54, 1.807) is 41.8 Å². The molecule has 0 aliphatic carbocycles. The van der Waals surface area contributed by atoms with Crippen LogP contribution in [0.15, 0.2) is 76.4 Å². The topological polar surface area (TPSA) is 74.1 Å². The third-order valence-electron chi connectivity index (χ3n) is 4.90. The van der Waals surface area contributed by atoms with Crippen LogP contribution in [0, 0.1) is 5.82 Å². The first-order valence-electron chi connectivity index (χ1n) is 10.6. The molecule has 10 heteroatoms. The average Bonchev–Trinajstić information content (AvgIpc) is 3.33. The van der Waals surface area contributed by atoms with E-state index < -0.39 is 0 Å². The van der Waals surface area contributed by atoms with E-state index in [2.05, 4.69) is 36.8 Å². The van der Waals surface area contributed by atoms with Crippen molar-refractivity contribution >= 4 is 27.7 Å². The second-order valence-corrected chi connectivity index (χ2v) is 9.14. The maximum absolute atomic E-state index is 13.9. The molecular weight excluding hydrogens is 521 g/mol. The molecule has 0 spiro atoms. The first kappa shape index (κ1) is 24.2. The molecule has 0 amide bonds. The molecule has 1 heterocycles. The van der Waals surface area contributed by atoms with E-state index in [4.69, 9.17) is 9.47 Å². The number of para-hydroxylation sites is 1. The highest BCUT2D eigenvalue weighted by Gasteiger charge is 2.13. The van der Waals surface area contributed by atoms with E-state index >= 15 is 0 Å². The molecule has 1 aromatic heterocycles. The number of nitrogens with one attached hydrogen (secondary N) is 1. The van der Waals surface area contributed by atoms with E-state index in [0.29, 0.717) is 23.6 Å². The second kappa shape index (κ2) is 12.0. The van der Waals surface area contributed by atoms with Crippen molar-refractivity contribution in [3.8, 4) is 17.2 Å². The molecular formula is C24H23BrFN5O2S. The van der Waals surface area contributed by atoms with Crippen LogP contribution in [0.5, 0.6) is 11.5 Å². The first-order valence-corrected chi connectivity index (χ1v) is 12.3. The maximum atomic E-state index is 13.9. The van der Waals surface area contributed by atoms with E-state index in [1.807, 2.05) is 42.5 Å². The van der Waals surface area contributed by atoms with Crippen molar-refractivity contribution in [1.82, 2.24) is 25.5 Å². The Labute approximate surface area is 209 Å². The SMILES string of the molecule is COc1cc(CNCCSc2nnnn2-c2ccccc2)cc(Br)c1OCc1ccccc1F. The zero-order valence-corrected chi connectivity index (χ0v) is 20.9. The largest absolute Gasteiger partial charge is 0.493 e. The Morgan fingerprint density at radius 3 is 2.68 bits per heavy atom. The van der Waals surface area contributed by atoms with Crippen molar-refractivity contribution < 1.29 is 13.9 Å². The van der Waals surface area contributed by atoms with Gasteiger partial charge in [0.05, 0.1) is 17.3 Å². The number of rotatable bonds is 11. The van der Waals surface area contributed by atoms with Gasteiger partial charge in [-0.15, -0.1) is 5.10 Å². The smallest absolute Gasteiger partial charge is 0.214 e. The van der Waals surface area contributed by atoms with Gasteiger partial charge in [0, 0.05) is 24.4 Å². The predicted octanol–water partition coefficient (Wildman–Crippen LogP) is 5.03. The molecule has 0 saturated carbocycles. The number of thioether (sulfide) groups is 1. The fraction of sp³-hybridized carbons (Fsp3) is 0.208. The van der Waals surface area contributed by atoms with Gasteiger partial charge in [-0.25, -0.2) is 4.39 Å². The van der Waals surface area contributed by atoms with Gasteiger partial charge in [-0.05, 0) is 62.3 Å². The summed E-state index contributed by atoms with van der Waals surface area (Å²) in [5.74, 6) is 1.63. The molecule has 34 heavy (non-hydrogen) atoms. The van der Waals surface area contributed by atoms with Crippen molar-refractivity contribution in [3.63, 3.8) is 0 Å². The van der Waals surface area contributed by atoms with Crippen LogP contribution in [-0.2, 0) is 13.2 Å². The first-order chi connectivity index (χ1) is 16.7. The molecule has 3 aromatic carbocycles. The Kier molecular flexibility index (Phi) is 8.51. The fourth-order valence-corrected chi connectivity index (χ4v) is 4.62. The zero-order chi connectivity index (χ0) is 23.8. The minimum atomic E-state index is -0.297. The van der Waals surface area contributed by atoms with Crippen LogP contribution in [0.25, 0.3) is 5.69 Å². The zero-order valence-electron chi connectivity index (χ0n) is 18.4. The van der Waals surface area contributed by atoms with E-state index in [1.165, 1.54) is 6.07 Å². The van der Waals surface area contributed by atoms with Gasteiger partial charge >= 0.3 is 0 Å². The van der Waals surface area contributed by atoms with Gasteiger partial charge in [-0.2, -0.15) is 4.68 Å². The lowest BCUT2D eigenvalue weighted by molar-refractivity contribution is 0.277. The predicted molar refractivity (Wildman–Crippen MR) is 133 cm³/mol. The summed E-state index contributed by atoms with van der Waals surface area (Å²) in [5.41, 5.74) is 2.44. The molecule has 176 valence electrons. The highest BCUT2D eigenvalue weighted by Crippen LogP contribution is 2.37. The van der Waals surface area contributed by atoms with Crippen molar-refractivity contribution in [3.05, 3.63) is 88.1 Å². The molecule has 0 atom stereocenters. The van der Waals surface area contributed by atoms with Crippen LogP contribution >= 0.6 is 27.7 Å². The number of hydrogen-bond acceptors (Lipinski definition) is 7. The lowest BCUT2D eigenvalue weighted by Gasteiger charge is -2.15. The van der Waals surface area contributed by atoms with Gasteiger partial charge in [0.1, 0.15) is 12.4 Å². The number of hydrogen-bond donors (Lipinski definition) is 1. The van der Waals surface area contributed by atoms with Crippen LogP contribution in [0.2, 0.25) is 0 Å². The van der Waals surface area contributed by atoms with E-state index in [9.17, 15) is 4.39 Å². The van der Waals surface area contributed by atoms with Gasteiger partial charge in [0.15, 0.2) is 11.5 Å². The molecule has 1 N–H and O–H groups in total. The van der Waals surface area contributed by atoms with Crippen LogP contribution in [-0.4, -0.2) is 39.6 Å². The summed E-state index contributed by atoms with van der Waals surface area (Å²) in [7, 11) is 1.59. The fourth-order valence-electron chi connectivity index (χ4n) is 3.23. The van der Waals surface area contributed by atoms with Crippen LogP contribution < -0.4 is 14.8 Å². The van der Waals surface area contributed by atoms with Crippen LogP contribution in [0.3, 0.4) is 0 Å². The standard InChI is InChI=1S/C24H23BrFN5O2S/c1-32-22-14-17(13-20(25)23(22)33-16-18-7-5-6-10-21(18)26)15-27-11-12-34-24-28-29-30-31(24)19-8-3-2-4-9-19/h2-10,13-14,27H,11-12,15-16H2,1H3. The number of tetrazole rings is 1. The molecule has 0 saturated heterocycles. The summed E-state index contributed by atoms with van der Waals surface area (Å²) < 4.78 is 27.7. The molecule has 0 unspecified atom stereocenters. The number of aromatic nitrogens is 4. The quantitative estimate of drug-likeness (QED) is 0.210. The van der Waals surface area contributed by atoms with Gasteiger partial charge < -0.3 is 14.8 Å². The van der Waals surface area contributed by atoms with Crippen molar-refractivity contribution in [2.45, 2.75) is 18.3 Å². The monoisotopic (exact) mass is 543 g/mol. The number of halogens is 2. The third-order valence-corrected chi connectivity index (χ3v) is 6.41. The lowest BCUT2D eigenvalue weighted by atomic mass is 10.2. The highest BCUT2D eigenvalue weighted by molar-refractivity contribution is 9.10. The molecule has 4 aromatic rings. The van der Waals surface area contributed by atoms with Gasteiger partial charge in [-0.1, -0.05) is 48.2 Å². The summed E-state index contributed by atoms with van der Waals surface area (Å²) in [6, 6.07) is 20.2. The molecule has 0 aliphatic rings. The van der Waals surface area contributed by atoms with Crippen molar-refractivity contribution in [1.29, 1.82) is 0 Å². The molecule has 4 rings (SSSR count). The summed E-state index contributed by atoms with van der Waals surface area (Å²) in [5, 5.41) is 16.1. The van der Waals surface area contributed by atoms with E-state index in [-0.39, 0.29) is 12.4 Å². The Morgan fingerprint density at radius 2 is 1.88 bits per heavy atom. The van der Waals surface area contributed by atoms with Crippen LogP contribution in [0.1, 0.15) is 11.1 Å². The summed E-state index contributed by atoms with van der Waals surface area (Å²) in [6.07, 6.45) is 0. The Morgan fingerprint density at radius 1 is 1.09 bits per heavy atom. The second-order valence-electron chi connectivity index (χ2n) is 7.22. The third kappa shape index (κ3) is 6.13. The normalized spacial score (nSPS) is 10.9. The van der Waals surface area contributed by atoms with Gasteiger partial charge in [0.2, 0.25) is 5.16 Å². The number of methoxy groups -OCH3 is 1. The number of benzene rings is 3. The summed E-state index contributed by atoms with van der Waals surface area (Å²) >= 11 is 5.14. The maximum Gasteiger partial charge on any atom is 0.214 e. The van der Waals surface area contributed by atoms with Gasteiger partial charge in [-0.3, -0.25) is 0 Å². The summed E-state index contributed by atoms with van der Waals surface area (Å²) in [6.45, 7) is 1.52. The molecule has 0 fully saturated rings. The average molecular weight is 544 g/mol. The summed E-state index contributed by atoms with van der Waals surface area (Å²) in [4.78, 5) is 0. The minimum Gasteiger partial charge on any atom is -0.493 e. The minimum absolute atomic E-state index is 0.110. The highest BCUT2D eigenvalue weighted by atomic mass is 79.9. The van der Waals surface area contributed by atoms with E-state index in [0.717, 1.165) is 33.2 Å². The van der Waals surface area contributed by atoms with Crippen molar-refractivity contribution in [2.75, 3.05) is 19.4 Å². The molecule has 0 bridgehead atoms. The number of nitrogens with zero attached hydrogens (tertiary/aromatic N) is 4. The molecule has 0 radical (unpaired) electrons. The Hall–Kier alpha value is -2.95. The molecule has 0 aliphatic heterocycles. The lowest BCUT2D eigenvalue weighted by Crippen LogP contribution is -2.17.